The number of hydrogen-bond acceptors (Lipinski definition) is 4. The normalized spacial score (nSPS) is 21.5. The molecule has 0 spiro atoms. The molecule has 1 saturated heterocycles. The minimum atomic E-state index is -0.0332. The lowest BCUT2D eigenvalue weighted by Gasteiger charge is -2.31. The second kappa shape index (κ2) is 9.20. The molecule has 2 heterocycles. The molecule has 4 nitrogen and oxygen atoms in total. The van der Waals surface area contributed by atoms with Gasteiger partial charge in [-0.3, -0.25) is 9.69 Å². The summed E-state index contributed by atoms with van der Waals surface area (Å²) in [7, 11) is 0. The van der Waals surface area contributed by atoms with Gasteiger partial charge < -0.3 is 11.1 Å². The Labute approximate surface area is 172 Å². The van der Waals surface area contributed by atoms with E-state index in [9.17, 15) is 4.79 Å². The quantitative estimate of drug-likeness (QED) is 0.792. The van der Waals surface area contributed by atoms with E-state index >= 15 is 0 Å². The molecule has 3 N–H and O–H groups in total. The van der Waals surface area contributed by atoms with Crippen LogP contribution in [0.2, 0.25) is 0 Å². The minimum absolute atomic E-state index is 0. The van der Waals surface area contributed by atoms with Crippen molar-refractivity contribution in [2.24, 2.45) is 11.1 Å². The Hall–Kier alpha value is -1.40. The van der Waals surface area contributed by atoms with Gasteiger partial charge in [0.15, 0.2) is 0 Å². The first kappa shape index (κ1) is 21.9. The van der Waals surface area contributed by atoms with Gasteiger partial charge in [0.25, 0.3) is 0 Å². The Balaban J connectivity index is 0.00000261. The number of carbonyl (C=O) groups is 1. The summed E-state index contributed by atoms with van der Waals surface area (Å²) in [5.74, 6) is 0.360. The predicted octanol–water partition coefficient (Wildman–Crippen LogP) is 3.80. The van der Waals surface area contributed by atoms with Crippen molar-refractivity contribution in [2.75, 3.05) is 19.6 Å². The van der Waals surface area contributed by atoms with Gasteiger partial charge in [0, 0.05) is 29.9 Å². The molecule has 1 fully saturated rings. The van der Waals surface area contributed by atoms with Crippen LogP contribution in [0, 0.1) is 5.41 Å². The highest BCUT2D eigenvalue weighted by Crippen LogP contribution is 2.35. The molecule has 6 heteroatoms. The van der Waals surface area contributed by atoms with Gasteiger partial charge in [0.1, 0.15) is 0 Å². The van der Waals surface area contributed by atoms with Crippen LogP contribution in [0.5, 0.6) is 0 Å². The predicted molar refractivity (Wildman–Crippen MR) is 116 cm³/mol. The number of amides is 1. The number of rotatable bonds is 5. The van der Waals surface area contributed by atoms with Crippen LogP contribution in [0.4, 0.5) is 0 Å². The number of nitrogens with one attached hydrogen (secondary N) is 1. The highest BCUT2D eigenvalue weighted by Gasteiger charge is 2.33. The molecule has 1 aliphatic heterocycles. The van der Waals surface area contributed by atoms with E-state index in [1.54, 1.807) is 11.3 Å². The van der Waals surface area contributed by atoms with Crippen LogP contribution in [0.1, 0.15) is 43.2 Å². The number of nitrogens with two attached hydrogens (primary N) is 1. The molecule has 0 bridgehead atoms. The molecule has 1 aliphatic rings. The van der Waals surface area contributed by atoms with Crippen LogP contribution < -0.4 is 11.1 Å². The zero-order valence-corrected chi connectivity index (χ0v) is 17.9. The van der Waals surface area contributed by atoms with Gasteiger partial charge in [0.2, 0.25) is 5.91 Å². The highest BCUT2D eigenvalue weighted by molar-refractivity contribution is 7.10. The van der Waals surface area contributed by atoms with Gasteiger partial charge in [-0.15, -0.1) is 23.7 Å². The van der Waals surface area contributed by atoms with Gasteiger partial charge in [-0.1, -0.05) is 57.2 Å². The van der Waals surface area contributed by atoms with Crippen LogP contribution in [-0.2, 0) is 4.79 Å². The van der Waals surface area contributed by atoms with Crippen molar-refractivity contribution < 1.29 is 4.79 Å². The number of thiophene rings is 1. The molecule has 0 saturated carbocycles. The summed E-state index contributed by atoms with van der Waals surface area (Å²) >= 11 is 1.69. The van der Waals surface area contributed by atoms with Crippen LogP contribution >= 0.6 is 23.7 Å². The summed E-state index contributed by atoms with van der Waals surface area (Å²) in [5, 5.41) is 5.30. The summed E-state index contributed by atoms with van der Waals surface area (Å²) in [4.78, 5) is 16.1. The lowest BCUT2D eigenvalue weighted by Crippen LogP contribution is -2.42. The Morgan fingerprint density at radius 1 is 1.22 bits per heavy atom. The molecular weight excluding hydrogens is 378 g/mol. The molecule has 1 aromatic carbocycles. The first-order valence-electron chi connectivity index (χ1n) is 9.20. The van der Waals surface area contributed by atoms with E-state index in [2.05, 4.69) is 54.6 Å². The highest BCUT2D eigenvalue weighted by atomic mass is 35.5. The van der Waals surface area contributed by atoms with Gasteiger partial charge in [-0.05, 0) is 22.4 Å². The van der Waals surface area contributed by atoms with Crippen LogP contribution in [0.25, 0.3) is 0 Å². The number of nitrogens with zero attached hydrogens (tertiary/aromatic N) is 1. The second-order valence-electron chi connectivity index (χ2n) is 8.26. The Morgan fingerprint density at radius 3 is 2.52 bits per heavy atom. The van der Waals surface area contributed by atoms with Crippen molar-refractivity contribution in [2.45, 2.75) is 38.8 Å². The summed E-state index contributed by atoms with van der Waals surface area (Å²) in [6, 6.07) is 14.6. The van der Waals surface area contributed by atoms with E-state index in [1.165, 1.54) is 10.4 Å². The van der Waals surface area contributed by atoms with Crippen molar-refractivity contribution >= 4 is 29.7 Å². The third kappa shape index (κ3) is 5.55. The van der Waals surface area contributed by atoms with E-state index in [1.807, 2.05) is 24.3 Å². The van der Waals surface area contributed by atoms with Crippen molar-refractivity contribution in [3.63, 3.8) is 0 Å². The fourth-order valence-electron chi connectivity index (χ4n) is 3.68. The molecule has 3 atom stereocenters. The Morgan fingerprint density at radius 2 is 1.93 bits per heavy atom. The first-order valence-corrected chi connectivity index (χ1v) is 10.1. The molecule has 27 heavy (non-hydrogen) atoms. The van der Waals surface area contributed by atoms with Crippen molar-refractivity contribution in [1.82, 2.24) is 10.2 Å². The zero-order chi connectivity index (χ0) is 18.7. The molecule has 0 aliphatic carbocycles. The van der Waals surface area contributed by atoms with E-state index in [-0.39, 0.29) is 35.8 Å². The van der Waals surface area contributed by atoms with Crippen LogP contribution in [0.15, 0.2) is 47.8 Å². The lowest BCUT2D eigenvalue weighted by atomic mass is 9.85. The molecule has 3 rings (SSSR count). The van der Waals surface area contributed by atoms with Crippen molar-refractivity contribution in [1.29, 1.82) is 0 Å². The third-order valence-corrected chi connectivity index (χ3v) is 5.97. The first-order chi connectivity index (χ1) is 12.3. The zero-order valence-electron chi connectivity index (χ0n) is 16.2. The van der Waals surface area contributed by atoms with Crippen LogP contribution in [-0.4, -0.2) is 36.5 Å². The van der Waals surface area contributed by atoms with E-state index < -0.39 is 0 Å². The molecule has 1 aromatic heterocycles. The Bertz CT molecular complexity index is 715. The van der Waals surface area contributed by atoms with E-state index in [0.717, 1.165) is 13.1 Å². The fraction of sp³-hybridized carbons (Fsp3) is 0.476. The minimum Gasteiger partial charge on any atom is -0.347 e. The Kier molecular flexibility index (Phi) is 7.46. The lowest BCUT2D eigenvalue weighted by molar-refractivity contribution is -0.123. The average molecular weight is 408 g/mol. The molecule has 1 unspecified atom stereocenters. The fourth-order valence-corrected chi connectivity index (χ4v) is 4.70. The SMILES string of the molecule is CC(C)(C)C(NC(=O)CN1C[C@@H](N)[C@H](c2ccccc2)C1)c1cccs1.Cl. The maximum absolute atomic E-state index is 12.7. The van der Waals surface area contributed by atoms with Gasteiger partial charge >= 0.3 is 0 Å². The number of carbonyl (C=O) groups excluding carboxylic acids is 1. The molecule has 0 radical (unpaired) electrons. The maximum atomic E-state index is 12.7. The molecular formula is C21H30ClN3OS. The second-order valence-corrected chi connectivity index (χ2v) is 9.24. The summed E-state index contributed by atoms with van der Waals surface area (Å²) in [6.07, 6.45) is 0. The van der Waals surface area contributed by atoms with Gasteiger partial charge in [-0.2, -0.15) is 0 Å². The van der Waals surface area contributed by atoms with Crippen LogP contribution in [0.3, 0.4) is 0 Å². The average Bonchev–Trinajstić information content (AvgIpc) is 3.22. The number of benzene rings is 1. The van der Waals surface area contributed by atoms with E-state index in [4.69, 9.17) is 5.73 Å². The molecule has 1 amide bonds. The summed E-state index contributed by atoms with van der Waals surface area (Å²) in [5.41, 5.74) is 7.58. The monoisotopic (exact) mass is 407 g/mol. The van der Waals surface area contributed by atoms with Gasteiger partial charge in [-0.25, -0.2) is 0 Å². The van der Waals surface area contributed by atoms with Crippen molar-refractivity contribution in [3.8, 4) is 0 Å². The van der Waals surface area contributed by atoms with Gasteiger partial charge in [0.05, 0.1) is 12.6 Å². The standard InChI is InChI=1S/C21H29N3OS.ClH/c1-21(2,3)20(18-10-7-11-26-18)23-19(25)14-24-12-16(17(22)13-24)15-8-5-4-6-9-15;/h4-11,16-17,20H,12-14,22H2,1-3H3,(H,23,25);1H/t16-,17+,20?;/m0./s1. The summed E-state index contributed by atoms with van der Waals surface area (Å²) in [6.45, 7) is 8.47. The van der Waals surface area contributed by atoms with E-state index in [0.29, 0.717) is 12.5 Å². The largest absolute Gasteiger partial charge is 0.347 e. The number of likely N-dealkylation sites (tertiary alicyclic amines) is 1. The summed E-state index contributed by atoms with van der Waals surface area (Å²) < 4.78 is 0. The number of halogens is 1. The number of hydrogen-bond donors (Lipinski definition) is 2. The molecule has 148 valence electrons. The topological polar surface area (TPSA) is 58.4 Å². The van der Waals surface area contributed by atoms with Crippen molar-refractivity contribution in [3.05, 3.63) is 58.3 Å². The smallest absolute Gasteiger partial charge is 0.234 e. The third-order valence-electron chi connectivity index (χ3n) is 5.03. The maximum Gasteiger partial charge on any atom is 0.234 e. The molecule has 2 aromatic rings.